The first-order chi connectivity index (χ1) is 8.66. The number of carbonyl (C=O) groups excluding carboxylic acids is 1. The molecular weight excluding hydrogens is 270 g/mol. The maximum Gasteiger partial charge on any atom is 0.270 e. The van der Waals surface area contributed by atoms with E-state index in [-0.39, 0.29) is 30.0 Å². The molecule has 1 aromatic rings. The molecule has 0 aliphatic carbocycles. The Labute approximate surface area is 117 Å². The predicted molar refractivity (Wildman–Crippen MR) is 73.7 cm³/mol. The third-order valence-electron chi connectivity index (χ3n) is 2.95. The summed E-state index contributed by atoms with van der Waals surface area (Å²) in [5.41, 5.74) is 0.263. The number of amides is 1. The van der Waals surface area contributed by atoms with Gasteiger partial charge < -0.3 is 10.6 Å². The Bertz CT molecular complexity index is 461. The van der Waals surface area contributed by atoms with E-state index in [1.807, 2.05) is 0 Å². The van der Waals surface area contributed by atoms with E-state index in [2.05, 4.69) is 10.6 Å². The normalized spacial score (nSPS) is 18.2. The van der Waals surface area contributed by atoms with E-state index in [1.165, 1.54) is 18.2 Å². The van der Waals surface area contributed by atoms with Crippen molar-refractivity contribution in [1.29, 1.82) is 0 Å². The van der Waals surface area contributed by atoms with Crippen molar-refractivity contribution in [1.82, 2.24) is 10.6 Å². The van der Waals surface area contributed by atoms with Gasteiger partial charge in [0.1, 0.15) is 0 Å². The van der Waals surface area contributed by atoms with Gasteiger partial charge in [0.25, 0.3) is 11.6 Å². The molecule has 1 amide bonds. The average molecular weight is 286 g/mol. The summed E-state index contributed by atoms with van der Waals surface area (Å²) < 4.78 is 0. The van der Waals surface area contributed by atoms with Gasteiger partial charge in [-0.1, -0.05) is 6.07 Å². The first-order valence-corrected chi connectivity index (χ1v) is 5.93. The molecule has 1 saturated heterocycles. The second-order valence-electron chi connectivity index (χ2n) is 4.32. The number of non-ortho nitro benzene ring substituents is 1. The number of hydrogen-bond acceptors (Lipinski definition) is 4. The first-order valence-electron chi connectivity index (χ1n) is 5.93. The van der Waals surface area contributed by atoms with Gasteiger partial charge in [-0.05, 0) is 25.5 Å². The lowest BCUT2D eigenvalue weighted by atomic mass is 10.1. The third-order valence-corrected chi connectivity index (χ3v) is 2.95. The SMILES string of the molecule is Cl.O=C(N[C@H]1CCCNC1)c1cccc([N+](=O)[O-])c1. The highest BCUT2D eigenvalue weighted by Crippen LogP contribution is 2.13. The fourth-order valence-corrected chi connectivity index (χ4v) is 2.00. The number of nitrogens with one attached hydrogen (secondary N) is 2. The minimum atomic E-state index is -0.501. The van der Waals surface area contributed by atoms with Crippen LogP contribution in [0.5, 0.6) is 0 Å². The maximum atomic E-state index is 11.9. The molecule has 2 N–H and O–H groups in total. The molecule has 0 unspecified atom stereocenters. The molecule has 7 heteroatoms. The topological polar surface area (TPSA) is 84.3 Å². The number of nitrogens with zero attached hydrogens (tertiary/aromatic N) is 1. The summed E-state index contributed by atoms with van der Waals surface area (Å²) in [6.45, 7) is 1.73. The Morgan fingerprint density at radius 3 is 2.89 bits per heavy atom. The van der Waals surface area contributed by atoms with Gasteiger partial charge in [-0.25, -0.2) is 0 Å². The molecule has 19 heavy (non-hydrogen) atoms. The number of carbonyl (C=O) groups is 1. The smallest absolute Gasteiger partial charge is 0.270 e. The van der Waals surface area contributed by atoms with Crippen LogP contribution in [-0.4, -0.2) is 30.0 Å². The second kappa shape index (κ2) is 7.06. The van der Waals surface area contributed by atoms with Crippen molar-refractivity contribution in [2.45, 2.75) is 18.9 Å². The van der Waals surface area contributed by atoms with Crippen molar-refractivity contribution < 1.29 is 9.72 Å². The molecule has 1 aliphatic heterocycles. The van der Waals surface area contributed by atoms with Gasteiger partial charge >= 0.3 is 0 Å². The summed E-state index contributed by atoms with van der Waals surface area (Å²) in [7, 11) is 0. The largest absolute Gasteiger partial charge is 0.348 e. The minimum absolute atomic E-state index is 0. The van der Waals surface area contributed by atoms with E-state index in [0.717, 1.165) is 25.9 Å². The van der Waals surface area contributed by atoms with Crippen LogP contribution in [0.3, 0.4) is 0 Å². The molecule has 1 aromatic carbocycles. The molecule has 6 nitrogen and oxygen atoms in total. The molecule has 2 rings (SSSR count). The van der Waals surface area contributed by atoms with Crippen molar-refractivity contribution in [3.63, 3.8) is 0 Å². The van der Waals surface area contributed by atoms with E-state index >= 15 is 0 Å². The lowest BCUT2D eigenvalue weighted by Crippen LogP contribution is -2.45. The molecule has 1 atom stereocenters. The van der Waals surface area contributed by atoms with Crippen LogP contribution in [-0.2, 0) is 0 Å². The van der Waals surface area contributed by atoms with Crippen molar-refractivity contribution >= 4 is 24.0 Å². The van der Waals surface area contributed by atoms with Gasteiger partial charge in [0.05, 0.1) is 4.92 Å². The summed E-state index contributed by atoms with van der Waals surface area (Å²) >= 11 is 0. The third kappa shape index (κ3) is 4.18. The van der Waals surface area contributed by atoms with E-state index < -0.39 is 4.92 Å². The van der Waals surface area contributed by atoms with Gasteiger partial charge in [0, 0.05) is 30.3 Å². The average Bonchev–Trinajstić information content (AvgIpc) is 2.40. The van der Waals surface area contributed by atoms with Crippen LogP contribution in [0.4, 0.5) is 5.69 Å². The van der Waals surface area contributed by atoms with Gasteiger partial charge in [-0.2, -0.15) is 0 Å². The van der Waals surface area contributed by atoms with Gasteiger partial charge in [0.2, 0.25) is 0 Å². The molecule has 0 aromatic heterocycles. The summed E-state index contributed by atoms with van der Waals surface area (Å²) in [4.78, 5) is 22.1. The second-order valence-corrected chi connectivity index (χ2v) is 4.32. The molecular formula is C12H16ClN3O3. The number of halogens is 1. The van der Waals surface area contributed by atoms with E-state index in [0.29, 0.717) is 5.56 Å². The fourth-order valence-electron chi connectivity index (χ4n) is 2.00. The molecule has 0 bridgehead atoms. The van der Waals surface area contributed by atoms with Crippen molar-refractivity contribution in [2.24, 2.45) is 0 Å². The molecule has 0 saturated carbocycles. The lowest BCUT2D eigenvalue weighted by Gasteiger charge is -2.23. The minimum Gasteiger partial charge on any atom is -0.348 e. The Kier molecular flexibility index (Phi) is 5.72. The Hall–Kier alpha value is -1.66. The summed E-state index contributed by atoms with van der Waals surface area (Å²) in [5.74, 6) is -0.257. The molecule has 1 fully saturated rings. The highest BCUT2D eigenvalue weighted by Gasteiger charge is 2.17. The molecule has 1 heterocycles. The number of nitro benzene ring substituents is 1. The number of rotatable bonds is 3. The number of piperidine rings is 1. The van der Waals surface area contributed by atoms with Crippen LogP contribution in [0.25, 0.3) is 0 Å². The number of benzene rings is 1. The number of nitro groups is 1. The predicted octanol–water partition coefficient (Wildman–Crippen LogP) is 1.50. The zero-order valence-corrected chi connectivity index (χ0v) is 11.1. The summed E-state index contributed by atoms with van der Waals surface area (Å²) in [6.07, 6.45) is 1.97. The molecule has 0 radical (unpaired) electrons. The Balaban J connectivity index is 0.00000180. The summed E-state index contributed by atoms with van der Waals surface area (Å²) in [6, 6.07) is 5.88. The Morgan fingerprint density at radius 2 is 2.26 bits per heavy atom. The standard InChI is InChI=1S/C12H15N3O3.ClH/c16-12(14-10-4-2-6-13-8-10)9-3-1-5-11(7-9)15(17)18;/h1,3,5,7,10,13H,2,4,6,8H2,(H,14,16);1H/t10-;/m0./s1. The lowest BCUT2D eigenvalue weighted by molar-refractivity contribution is -0.384. The monoisotopic (exact) mass is 285 g/mol. The van der Waals surface area contributed by atoms with Crippen LogP contribution >= 0.6 is 12.4 Å². The van der Waals surface area contributed by atoms with Crippen molar-refractivity contribution in [3.05, 3.63) is 39.9 Å². The van der Waals surface area contributed by atoms with Crippen molar-refractivity contribution in [2.75, 3.05) is 13.1 Å². The van der Waals surface area contributed by atoms with Crippen molar-refractivity contribution in [3.8, 4) is 0 Å². The quantitative estimate of drug-likeness (QED) is 0.651. The Morgan fingerprint density at radius 1 is 1.47 bits per heavy atom. The van der Waals surface area contributed by atoms with Crippen LogP contribution < -0.4 is 10.6 Å². The van der Waals surface area contributed by atoms with Crippen LogP contribution in [0.1, 0.15) is 23.2 Å². The van der Waals surface area contributed by atoms with E-state index in [9.17, 15) is 14.9 Å². The molecule has 104 valence electrons. The number of hydrogen-bond donors (Lipinski definition) is 2. The zero-order chi connectivity index (χ0) is 13.0. The van der Waals surface area contributed by atoms with E-state index in [4.69, 9.17) is 0 Å². The first kappa shape index (κ1) is 15.4. The van der Waals surface area contributed by atoms with Crippen LogP contribution in [0.15, 0.2) is 24.3 Å². The van der Waals surface area contributed by atoms with Crippen LogP contribution in [0, 0.1) is 10.1 Å². The molecule has 0 spiro atoms. The summed E-state index contributed by atoms with van der Waals surface area (Å²) in [5, 5.41) is 16.7. The van der Waals surface area contributed by atoms with Gasteiger partial charge in [0.15, 0.2) is 0 Å². The fraction of sp³-hybridized carbons (Fsp3) is 0.417. The highest BCUT2D eigenvalue weighted by atomic mass is 35.5. The van der Waals surface area contributed by atoms with Crippen LogP contribution in [0.2, 0.25) is 0 Å². The molecule has 1 aliphatic rings. The zero-order valence-electron chi connectivity index (χ0n) is 10.3. The maximum absolute atomic E-state index is 11.9. The highest BCUT2D eigenvalue weighted by molar-refractivity contribution is 5.95. The van der Waals surface area contributed by atoms with E-state index in [1.54, 1.807) is 6.07 Å². The van der Waals surface area contributed by atoms with Gasteiger partial charge in [-0.15, -0.1) is 12.4 Å². The van der Waals surface area contributed by atoms with Gasteiger partial charge in [-0.3, -0.25) is 14.9 Å².